The lowest BCUT2D eigenvalue weighted by Gasteiger charge is -2.30. The van der Waals surface area contributed by atoms with Gasteiger partial charge >= 0.3 is 5.97 Å². The van der Waals surface area contributed by atoms with E-state index in [0.29, 0.717) is 11.3 Å². The summed E-state index contributed by atoms with van der Waals surface area (Å²) in [5, 5.41) is 3.20. The second kappa shape index (κ2) is 9.04. The fourth-order valence-corrected chi connectivity index (χ4v) is 2.90. The Kier molecular flexibility index (Phi) is 6.78. The highest BCUT2D eigenvalue weighted by atomic mass is 16.5. The van der Waals surface area contributed by atoms with Crippen LogP contribution in [0, 0.1) is 0 Å². The van der Waals surface area contributed by atoms with Crippen molar-refractivity contribution in [3.63, 3.8) is 0 Å². The second-order valence-corrected chi connectivity index (χ2v) is 6.60. The molecule has 5 nitrogen and oxygen atoms in total. The molecule has 2 aromatic carbocycles. The molecule has 0 saturated heterocycles. The van der Waals surface area contributed by atoms with Gasteiger partial charge in [0.2, 0.25) is 0 Å². The van der Waals surface area contributed by atoms with Crippen LogP contribution in [0.3, 0.4) is 0 Å². The standard InChI is InChI=1S/C21H26N2O3/c1-15(2)23(16(3)4)20(24)14-26-21(25)18-12-8-9-13-19(18)22-17-10-6-5-7-11-17/h5-13,15-16,22H,14H2,1-4H3. The van der Waals surface area contributed by atoms with Crippen LogP contribution in [-0.2, 0) is 9.53 Å². The summed E-state index contributed by atoms with van der Waals surface area (Å²) < 4.78 is 5.28. The molecule has 1 amide bonds. The van der Waals surface area contributed by atoms with E-state index >= 15 is 0 Å². The first-order valence-corrected chi connectivity index (χ1v) is 8.79. The van der Waals surface area contributed by atoms with Crippen LogP contribution in [0.1, 0.15) is 38.1 Å². The third kappa shape index (κ3) is 5.09. The van der Waals surface area contributed by atoms with Crippen molar-refractivity contribution in [2.24, 2.45) is 0 Å². The van der Waals surface area contributed by atoms with Crippen LogP contribution in [0.2, 0.25) is 0 Å². The van der Waals surface area contributed by atoms with Crippen molar-refractivity contribution in [1.29, 1.82) is 0 Å². The van der Waals surface area contributed by atoms with Crippen LogP contribution < -0.4 is 5.32 Å². The van der Waals surface area contributed by atoms with Crippen LogP contribution in [0.15, 0.2) is 54.6 Å². The molecule has 26 heavy (non-hydrogen) atoms. The molecule has 0 aliphatic heterocycles. The van der Waals surface area contributed by atoms with Gasteiger partial charge < -0.3 is 15.0 Å². The van der Waals surface area contributed by atoms with Gasteiger partial charge in [-0.25, -0.2) is 4.79 Å². The highest BCUT2D eigenvalue weighted by Gasteiger charge is 2.22. The zero-order chi connectivity index (χ0) is 19.1. The quantitative estimate of drug-likeness (QED) is 0.756. The van der Waals surface area contributed by atoms with Gasteiger partial charge in [-0.3, -0.25) is 4.79 Å². The van der Waals surface area contributed by atoms with E-state index in [1.807, 2.05) is 64.1 Å². The predicted octanol–water partition coefficient (Wildman–Crippen LogP) is 4.23. The lowest BCUT2D eigenvalue weighted by Crippen LogP contribution is -2.44. The summed E-state index contributed by atoms with van der Waals surface area (Å²) in [6.45, 7) is 7.50. The molecule has 1 N–H and O–H groups in total. The molecule has 0 unspecified atom stereocenters. The first-order chi connectivity index (χ1) is 12.4. The van der Waals surface area contributed by atoms with Crippen LogP contribution in [-0.4, -0.2) is 35.5 Å². The van der Waals surface area contributed by atoms with Gasteiger partial charge in [-0.2, -0.15) is 0 Å². The smallest absolute Gasteiger partial charge is 0.340 e. The molecule has 0 fully saturated rings. The molecule has 0 bridgehead atoms. The Hall–Kier alpha value is -2.82. The minimum atomic E-state index is -0.523. The normalized spacial score (nSPS) is 10.7. The number of ether oxygens (including phenoxy) is 1. The molecule has 138 valence electrons. The van der Waals surface area contributed by atoms with E-state index in [1.54, 1.807) is 23.1 Å². The van der Waals surface area contributed by atoms with Gasteiger partial charge in [-0.1, -0.05) is 30.3 Å². The first-order valence-electron chi connectivity index (χ1n) is 8.79. The van der Waals surface area contributed by atoms with E-state index < -0.39 is 5.97 Å². The molecular weight excluding hydrogens is 328 g/mol. The monoisotopic (exact) mass is 354 g/mol. The molecule has 0 atom stereocenters. The molecule has 2 aromatic rings. The average molecular weight is 354 g/mol. The number of amides is 1. The molecule has 0 aliphatic rings. The zero-order valence-corrected chi connectivity index (χ0v) is 15.7. The lowest BCUT2D eigenvalue weighted by atomic mass is 10.1. The van der Waals surface area contributed by atoms with Crippen molar-refractivity contribution in [2.75, 3.05) is 11.9 Å². The van der Waals surface area contributed by atoms with Crippen LogP contribution in [0.5, 0.6) is 0 Å². The van der Waals surface area contributed by atoms with Crippen molar-refractivity contribution in [2.45, 2.75) is 39.8 Å². The SMILES string of the molecule is CC(C)N(C(=O)COC(=O)c1ccccc1Nc1ccccc1)C(C)C. The highest BCUT2D eigenvalue weighted by molar-refractivity contribution is 5.97. The molecule has 0 aliphatic carbocycles. The Morgan fingerprint density at radius 1 is 0.923 bits per heavy atom. The maximum absolute atomic E-state index is 12.5. The Balaban J connectivity index is 2.07. The molecule has 0 saturated carbocycles. The van der Waals surface area contributed by atoms with Gasteiger partial charge in [0.25, 0.3) is 5.91 Å². The van der Waals surface area contributed by atoms with Crippen molar-refractivity contribution < 1.29 is 14.3 Å². The van der Waals surface area contributed by atoms with E-state index in [4.69, 9.17) is 4.74 Å². The predicted molar refractivity (Wildman–Crippen MR) is 104 cm³/mol. The maximum atomic E-state index is 12.5. The second-order valence-electron chi connectivity index (χ2n) is 6.60. The van der Waals surface area contributed by atoms with Crippen molar-refractivity contribution >= 4 is 23.3 Å². The number of anilines is 2. The number of nitrogens with one attached hydrogen (secondary N) is 1. The van der Waals surface area contributed by atoms with Crippen molar-refractivity contribution in [3.05, 3.63) is 60.2 Å². The van der Waals surface area contributed by atoms with Gasteiger partial charge in [0.15, 0.2) is 6.61 Å². The number of nitrogens with zero attached hydrogens (tertiary/aromatic N) is 1. The van der Waals surface area contributed by atoms with E-state index in [1.165, 1.54) is 0 Å². The fraction of sp³-hybridized carbons (Fsp3) is 0.333. The minimum absolute atomic E-state index is 0.0493. The Bertz CT molecular complexity index is 734. The van der Waals surface area contributed by atoms with Gasteiger partial charge in [0, 0.05) is 17.8 Å². The number of benzene rings is 2. The maximum Gasteiger partial charge on any atom is 0.340 e. The van der Waals surface area contributed by atoms with Gasteiger partial charge in [-0.15, -0.1) is 0 Å². The summed E-state index contributed by atoms with van der Waals surface area (Å²) in [5.74, 6) is -0.721. The Morgan fingerprint density at radius 3 is 2.12 bits per heavy atom. The highest BCUT2D eigenvalue weighted by Crippen LogP contribution is 2.21. The number of para-hydroxylation sites is 2. The summed E-state index contributed by atoms with van der Waals surface area (Å²) >= 11 is 0. The molecule has 0 aromatic heterocycles. The summed E-state index contributed by atoms with van der Waals surface area (Å²) in [6.07, 6.45) is 0. The van der Waals surface area contributed by atoms with Gasteiger partial charge in [0.1, 0.15) is 0 Å². The fourth-order valence-electron chi connectivity index (χ4n) is 2.90. The number of esters is 1. The molecule has 0 spiro atoms. The number of rotatable bonds is 7. The molecular formula is C21H26N2O3. The minimum Gasteiger partial charge on any atom is -0.452 e. The van der Waals surface area contributed by atoms with E-state index in [9.17, 15) is 9.59 Å². The Labute approximate surface area is 155 Å². The summed E-state index contributed by atoms with van der Waals surface area (Å²) in [6, 6.07) is 16.8. The van der Waals surface area contributed by atoms with Gasteiger partial charge in [0.05, 0.1) is 11.3 Å². The van der Waals surface area contributed by atoms with Crippen molar-refractivity contribution in [1.82, 2.24) is 4.90 Å². The van der Waals surface area contributed by atoms with Crippen LogP contribution in [0.25, 0.3) is 0 Å². The number of hydrogen-bond acceptors (Lipinski definition) is 4. The molecule has 0 heterocycles. The summed E-state index contributed by atoms with van der Waals surface area (Å²) in [7, 11) is 0. The van der Waals surface area contributed by atoms with Crippen LogP contribution in [0.4, 0.5) is 11.4 Å². The third-order valence-corrected chi connectivity index (χ3v) is 3.93. The average Bonchev–Trinajstić information content (AvgIpc) is 2.60. The zero-order valence-electron chi connectivity index (χ0n) is 15.7. The van der Waals surface area contributed by atoms with E-state index in [-0.39, 0.29) is 24.6 Å². The summed E-state index contributed by atoms with van der Waals surface area (Å²) in [4.78, 5) is 26.6. The Morgan fingerprint density at radius 2 is 1.50 bits per heavy atom. The molecule has 5 heteroatoms. The van der Waals surface area contributed by atoms with E-state index in [0.717, 1.165) is 5.69 Å². The van der Waals surface area contributed by atoms with Crippen LogP contribution >= 0.6 is 0 Å². The third-order valence-electron chi connectivity index (χ3n) is 3.93. The topological polar surface area (TPSA) is 58.6 Å². The number of carbonyl (C=O) groups is 2. The summed E-state index contributed by atoms with van der Waals surface area (Å²) in [5.41, 5.74) is 1.90. The molecule has 2 rings (SSSR count). The van der Waals surface area contributed by atoms with E-state index in [2.05, 4.69) is 5.32 Å². The first kappa shape index (κ1) is 19.5. The molecule has 0 radical (unpaired) electrons. The lowest BCUT2D eigenvalue weighted by molar-refractivity contribution is -0.138. The van der Waals surface area contributed by atoms with Gasteiger partial charge in [-0.05, 0) is 52.0 Å². The number of hydrogen-bond donors (Lipinski definition) is 1. The van der Waals surface area contributed by atoms with Crippen molar-refractivity contribution in [3.8, 4) is 0 Å². The number of carbonyl (C=O) groups excluding carboxylic acids is 2. The largest absolute Gasteiger partial charge is 0.452 e.